The Morgan fingerprint density at radius 1 is 1.12 bits per heavy atom. The summed E-state index contributed by atoms with van der Waals surface area (Å²) in [6.07, 6.45) is 0.729. The normalized spacial score (nSPS) is 12.0. The number of furan rings is 1. The average Bonchev–Trinajstić information content (AvgIpc) is 3.03. The molecule has 2 aromatic rings. The average molecular weight is 351 g/mol. The van der Waals surface area contributed by atoms with Gasteiger partial charge in [0.2, 0.25) is 5.09 Å². The fraction of sp³-hybridized carbons (Fsp3) is 0.412. The number of nitrogens with one attached hydrogen (secondary N) is 2. The highest BCUT2D eigenvalue weighted by Crippen LogP contribution is 2.13. The number of nitrogens with zero attached hydrogens (tertiary/aromatic N) is 1. The highest BCUT2D eigenvalue weighted by molar-refractivity contribution is 7.89. The summed E-state index contributed by atoms with van der Waals surface area (Å²) in [4.78, 5) is 2.17. The van der Waals surface area contributed by atoms with Gasteiger partial charge in [0.1, 0.15) is 5.76 Å². The largest absolute Gasteiger partial charge is 0.447 e. The van der Waals surface area contributed by atoms with Crippen molar-refractivity contribution in [1.29, 1.82) is 0 Å². The molecule has 0 fully saturated rings. The van der Waals surface area contributed by atoms with Crippen molar-refractivity contribution in [1.82, 2.24) is 14.9 Å². The molecule has 24 heavy (non-hydrogen) atoms. The van der Waals surface area contributed by atoms with E-state index in [0.717, 1.165) is 19.5 Å². The van der Waals surface area contributed by atoms with Crippen molar-refractivity contribution in [3.63, 3.8) is 0 Å². The Kier molecular flexibility index (Phi) is 6.99. The van der Waals surface area contributed by atoms with Crippen molar-refractivity contribution in [3.8, 4) is 0 Å². The van der Waals surface area contributed by atoms with E-state index in [0.29, 0.717) is 18.8 Å². The van der Waals surface area contributed by atoms with Crippen LogP contribution in [0.5, 0.6) is 0 Å². The van der Waals surface area contributed by atoms with Gasteiger partial charge in [-0.15, -0.1) is 0 Å². The minimum absolute atomic E-state index is 0.0367. The van der Waals surface area contributed by atoms with E-state index >= 15 is 0 Å². The van der Waals surface area contributed by atoms with Crippen LogP contribution in [0.3, 0.4) is 0 Å². The van der Waals surface area contributed by atoms with E-state index in [-0.39, 0.29) is 5.09 Å². The van der Waals surface area contributed by atoms with Gasteiger partial charge in [-0.3, -0.25) is 0 Å². The smallest absolute Gasteiger partial charge is 0.273 e. The minimum atomic E-state index is -3.58. The van der Waals surface area contributed by atoms with Crippen LogP contribution < -0.4 is 10.0 Å². The lowest BCUT2D eigenvalue weighted by molar-refractivity contribution is 0.322. The van der Waals surface area contributed by atoms with Gasteiger partial charge in [-0.25, -0.2) is 13.1 Å². The van der Waals surface area contributed by atoms with Crippen LogP contribution in [0.1, 0.15) is 17.7 Å². The molecule has 1 heterocycles. The fourth-order valence-electron chi connectivity index (χ4n) is 2.37. The maximum Gasteiger partial charge on any atom is 0.273 e. The van der Waals surface area contributed by atoms with Crippen molar-refractivity contribution in [2.45, 2.75) is 24.6 Å². The Morgan fingerprint density at radius 3 is 2.58 bits per heavy atom. The van der Waals surface area contributed by atoms with Gasteiger partial charge in [0, 0.05) is 13.1 Å². The number of benzene rings is 1. The van der Waals surface area contributed by atoms with Crippen molar-refractivity contribution in [3.05, 3.63) is 53.8 Å². The molecule has 0 aliphatic heterocycles. The van der Waals surface area contributed by atoms with Gasteiger partial charge in [0.25, 0.3) is 10.0 Å². The monoisotopic (exact) mass is 351 g/mol. The zero-order chi connectivity index (χ0) is 17.4. The van der Waals surface area contributed by atoms with E-state index in [2.05, 4.69) is 27.1 Å². The molecule has 0 saturated heterocycles. The molecule has 0 unspecified atom stereocenters. The summed E-state index contributed by atoms with van der Waals surface area (Å²) >= 11 is 0. The van der Waals surface area contributed by atoms with Gasteiger partial charge < -0.3 is 14.6 Å². The molecule has 0 bridgehead atoms. The molecule has 1 aromatic heterocycles. The lowest BCUT2D eigenvalue weighted by atomic mass is 10.2. The summed E-state index contributed by atoms with van der Waals surface area (Å²) in [5.74, 6) is 0.598. The molecule has 2 N–H and O–H groups in total. The minimum Gasteiger partial charge on any atom is -0.447 e. The Labute approximate surface area is 143 Å². The molecule has 2 rings (SSSR count). The Hall–Kier alpha value is -1.67. The first-order chi connectivity index (χ1) is 11.5. The first kappa shape index (κ1) is 18.7. The van der Waals surface area contributed by atoms with E-state index < -0.39 is 10.0 Å². The van der Waals surface area contributed by atoms with Crippen LogP contribution in [0.2, 0.25) is 0 Å². The molecule has 0 radical (unpaired) electrons. The quantitative estimate of drug-likeness (QED) is 0.639. The molecule has 0 aliphatic carbocycles. The summed E-state index contributed by atoms with van der Waals surface area (Å²) in [6.45, 7) is 2.53. The number of hydrogen-bond acceptors (Lipinski definition) is 5. The van der Waals surface area contributed by atoms with E-state index in [1.165, 1.54) is 11.6 Å². The van der Waals surface area contributed by atoms with Gasteiger partial charge in [0.15, 0.2) is 0 Å². The van der Waals surface area contributed by atoms with Gasteiger partial charge in [-0.1, -0.05) is 30.3 Å². The van der Waals surface area contributed by atoms with Crippen LogP contribution >= 0.6 is 0 Å². The van der Waals surface area contributed by atoms with Crippen molar-refractivity contribution >= 4 is 10.0 Å². The molecule has 0 amide bonds. The van der Waals surface area contributed by atoms with E-state index in [1.54, 1.807) is 13.1 Å². The molecule has 0 saturated carbocycles. The molecule has 1 aromatic carbocycles. The predicted molar refractivity (Wildman–Crippen MR) is 94.1 cm³/mol. The zero-order valence-electron chi connectivity index (χ0n) is 14.2. The second kappa shape index (κ2) is 8.98. The van der Waals surface area contributed by atoms with Gasteiger partial charge in [-0.2, -0.15) is 0 Å². The van der Waals surface area contributed by atoms with Gasteiger partial charge in [0.05, 0.1) is 6.54 Å². The molecule has 6 nitrogen and oxygen atoms in total. The fourth-order valence-corrected chi connectivity index (χ4v) is 3.39. The van der Waals surface area contributed by atoms with E-state index in [1.807, 2.05) is 25.2 Å². The summed E-state index contributed by atoms with van der Waals surface area (Å²) in [6, 6.07) is 13.3. The number of rotatable bonds is 10. The number of sulfonamides is 1. The third kappa shape index (κ3) is 5.76. The summed E-state index contributed by atoms with van der Waals surface area (Å²) in [7, 11) is 0.227. The topological polar surface area (TPSA) is 74.6 Å². The third-order valence-corrected chi connectivity index (χ3v) is 4.89. The summed E-state index contributed by atoms with van der Waals surface area (Å²) in [5.41, 5.74) is 1.24. The molecule has 0 atom stereocenters. The van der Waals surface area contributed by atoms with E-state index in [9.17, 15) is 8.42 Å². The van der Waals surface area contributed by atoms with Crippen LogP contribution in [0.25, 0.3) is 0 Å². The molecular weight excluding hydrogens is 326 g/mol. The lowest BCUT2D eigenvalue weighted by Gasteiger charge is -2.16. The van der Waals surface area contributed by atoms with Crippen molar-refractivity contribution in [2.24, 2.45) is 0 Å². The maximum absolute atomic E-state index is 12.1. The molecule has 0 aliphatic rings. The second-order valence-electron chi connectivity index (χ2n) is 5.73. The van der Waals surface area contributed by atoms with Gasteiger partial charge >= 0.3 is 0 Å². The predicted octanol–water partition coefficient (Wildman–Crippen LogP) is 1.80. The Morgan fingerprint density at radius 2 is 1.88 bits per heavy atom. The van der Waals surface area contributed by atoms with Crippen LogP contribution in [0.4, 0.5) is 0 Å². The highest BCUT2D eigenvalue weighted by Gasteiger charge is 2.18. The lowest BCUT2D eigenvalue weighted by Crippen LogP contribution is -2.28. The van der Waals surface area contributed by atoms with Gasteiger partial charge in [-0.05, 0) is 44.8 Å². The Balaban J connectivity index is 1.74. The molecule has 132 valence electrons. The van der Waals surface area contributed by atoms with Crippen molar-refractivity contribution in [2.75, 3.05) is 27.2 Å². The first-order valence-electron chi connectivity index (χ1n) is 7.97. The SMILES string of the molecule is CNCc1ccc(S(=O)(=O)NCCCN(C)Cc2ccccc2)o1. The standard InChI is InChI=1S/C17H25N3O3S/c1-18-13-16-9-10-17(23-16)24(21,22)19-11-6-12-20(2)14-15-7-4-3-5-8-15/h3-5,7-10,18-19H,6,11-14H2,1-2H3. The summed E-state index contributed by atoms with van der Waals surface area (Å²) in [5, 5.41) is 2.88. The zero-order valence-corrected chi connectivity index (χ0v) is 15.0. The molecule has 7 heteroatoms. The number of hydrogen-bond donors (Lipinski definition) is 2. The van der Waals surface area contributed by atoms with Crippen molar-refractivity contribution < 1.29 is 12.8 Å². The van der Waals surface area contributed by atoms with Crippen LogP contribution in [-0.2, 0) is 23.1 Å². The Bertz CT molecular complexity index is 714. The molecular formula is C17H25N3O3S. The summed E-state index contributed by atoms with van der Waals surface area (Å²) < 4.78 is 32.2. The highest BCUT2D eigenvalue weighted by atomic mass is 32.2. The van der Waals surface area contributed by atoms with E-state index in [4.69, 9.17) is 4.42 Å². The second-order valence-corrected chi connectivity index (χ2v) is 7.42. The third-order valence-electron chi connectivity index (χ3n) is 3.56. The first-order valence-corrected chi connectivity index (χ1v) is 9.45. The molecule has 0 spiro atoms. The van der Waals surface area contributed by atoms with Crippen LogP contribution in [0, 0.1) is 0 Å². The van der Waals surface area contributed by atoms with Crippen LogP contribution in [-0.4, -0.2) is 40.5 Å². The maximum atomic E-state index is 12.1. The van der Waals surface area contributed by atoms with Crippen LogP contribution in [0.15, 0.2) is 52.0 Å².